The van der Waals surface area contributed by atoms with Gasteiger partial charge in [-0.15, -0.1) is 0 Å². The molecule has 3 heterocycles. The molecule has 0 bridgehead atoms. The lowest BCUT2D eigenvalue weighted by Gasteiger charge is -2.08. The van der Waals surface area contributed by atoms with Crippen molar-refractivity contribution in [3.63, 3.8) is 0 Å². The summed E-state index contributed by atoms with van der Waals surface area (Å²) in [6.07, 6.45) is 5.30. The Balaban J connectivity index is 1.44. The molecule has 9 heteroatoms. The quantitative estimate of drug-likeness (QED) is 0.484. The van der Waals surface area contributed by atoms with Crippen LogP contribution in [-0.2, 0) is 13.2 Å². The molecule has 4 rings (SSSR count). The second kappa shape index (κ2) is 8.04. The Morgan fingerprint density at radius 3 is 2.69 bits per heavy atom. The van der Waals surface area contributed by atoms with Gasteiger partial charge >= 0.3 is 0 Å². The minimum absolute atomic E-state index is 0.254. The van der Waals surface area contributed by atoms with Crippen LogP contribution in [0.25, 0.3) is 0 Å². The number of benzene rings is 1. The van der Waals surface area contributed by atoms with Crippen molar-refractivity contribution in [3.8, 4) is 0 Å². The van der Waals surface area contributed by atoms with Crippen LogP contribution in [0.2, 0.25) is 0 Å². The van der Waals surface area contributed by atoms with Gasteiger partial charge in [0, 0.05) is 24.3 Å². The Bertz CT molecular complexity index is 1140. The second-order valence-electron chi connectivity index (χ2n) is 6.72. The number of nitrogens with one attached hydrogen (secondary N) is 1. The molecule has 3 aromatic heterocycles. The Morgan fingerprint density at radius 2 is 1.97 bits per heavy atom. The zero-order valence-electron chi connectivity index (χ0n) is 16.1. The summed E-state index contributed by atoms with van der Waals surface area (Å²) in [6.45, 7) is 5.07. The van der Waals surface area contributed by atoms with Crippen molar-refractivity contribution >= 4 is 27.5 Å². The molecule has 1 N–H and O–H groups in total. The van der Waals surface area contributed by atoms with E-state index in [1.165, 1.54) is 0 Å². The van der Waals surface area contributed by atoms with Gasteiger partial charge in [0.25, 0.3) is 5.91 Å². The van der Waals surface area contributed by atoms with E-state index in [0.717, 1.165) is 27.1 Å². The number of carbonyl (C=O) groups excluding carboxylic acids is 1. The highest BCUT2D eigenvalue weighted by molar-refractivity contribution is 9.10. The summed E-state index contributed by atoms with van der Waals surface area (Å²) in [4.78, 5) is 12.6. The molecule has 0 aliphatic rings. The van der Waals surface area contributed by atoms with E-state index in [-0.39, 0.29) is 5.91 Å². The van der Waals surface area contributed by atoms with Crippen LogP contribution in [0.3, 0.4) is 0 Å². The number of aromatic nitrogens is 6. The van der Waals surface area contributed by atoms with Crippen molar-refractivity contribution in [2.45, 2.75) is 27.1 Å². The lowest BCUT2D eigenvalue weighted by Crippen LogP contribution is -2.15. The van der Waals surface area contributed by atoms with Gasteiger partial charge in [0.2, 0.25) is 0 Å². The number of hydrogen-bond acceptors (Lipinski definition) is 4. The second-order valence-corrected chi connectivity index (χ2v) is 7.52. The van der Waals surface area contributed by atoms with Crippen LogP contribution in [0.15, 0.2) is 59.5 Å². The summed E-state index contributed by atoms with van der Waals surface area (Å²) in [5.74, 6) is -0.254. The largest absolute Gasteiger partial charge is 0.321 e. The van der Waals surface area contributed by atoms with E-state index in [0.29, 0.717) is 18.9 Å². The normalized spacial score (nSPS) is 11.0. The average molecular weight is 454 g/mol. The van der Waals surface area contributed by atoms with Gasteiger partial charge in [-0.25, -0.2) is 0 Å². The van der Waals surface area contributed by atoms with Gasteiger partial charge in [0.05, 0.1) is 22.4 Å². The third kappa shape index (κ3) is 4.29. The summed E-state index contributed by atoms with van der Waals surface area (Å²) in [6, 6.07) is 11.3. The van der Waals surface area contributed by atoms with Crippen LogP contribution in [0.5, 0.6) is 0 Å². The third-order valence-electron chi connectivity index (χ3n) is 4.53. The zero-order valence-corrected chi connectivity index (χ0v) is 17.7. The number of carbonyl (C=O) groups is 1. The van der Waals surface area contributed by atoms with Crippen molar-refractivity contribution in [2.75, 3.05) is 5.32 Å². The van der Waals surface area contributed by atoms with Crippen LogP contribution < -0.4 is 5.32 Å². The summed E-state index contributed by atoms with van der Waals surface area (Å²) in [5.41, 5.74) is 4.14. The van der Waals surface area contributed by atoms with Gasteiger partial charge in [-0.1, -0.05) is 12.1 Å². The maximum Gasteiger partial charge on any atom is 0.276 e. The fourth-order valence-electron chi connectivity index (χ4n) is 3.04. The summed E-state index contributed by atoms with van der Waals surface area (Å²) in [5, 5.41) is 15.9. The van der Waals surface area contributed by atoms with E-state index in [4.69, 9.17) is 0 Å². The molecule has 8 nitrogen and oxygen atoms in total. The van der Waals surface area contributed by atoms with Crippen molar-refractivity contribution in [3.05, 3.63) is 82.1 Å². The molecule has 0 radical (unpaired) electrons. The molecule has 0 saturated heterocycles. The van der Waals surface area contributed by atoms with Gasteiger partial charge < -0.3 is 5.32 Å². The van der Waals surface area contributed by atoms with Crippen LogP contribution >= 0.6 is 15.9 Å². The Hall–Kier alpha value is -3.20. The first kappa shape index (κ1) is 19.1. The van der Waals surface area contributed by atoms with Crippen LogP contribution in [0.1, 0.15) is 27.4 Å². The standard InChI is InChI=1S/C20H20BrN7O/c1-14-19(21)15(2)28(24-14)12-16-5-3-6-17(11-16)23-20(29)18-7-10-27(25-18)13-26-9-4-8-22-26/h3-11H,12-13H2,1-2H3,(H,23,29). The first-order valence-electron chi connectivity index (χ1n) is 9.10. The van der Waals surface area contributed by atoms with Crippen LogP contribution in [-0.4, -0.2) is 35.2 Å². The molecule has 148 valence electrons. The lowest BCUT2D eigenvalue weighted by molar-refractivity contribution is 0.102. The molecule has 0 atom stereocenters. The molecule has 1 aromatic carbocycles. The average Bonchev–Trinajstić information content (AvgIpc) is 3.43. The van der Waals surface area contributed by atoms with Gasteiger partial charge in [0.15, 0.2) is 5.69 Å². The van der Waals surface area contributed by atoms with Gasteiger partial charge in [-0.05, 0) is 59.6 Å². The first-order valence-corrected chi connectivity index (χ1v) is 9.89. The van der Waals surface area contributed by atoms with E-state index < -0.39 is 0 Å². The molecule has 0 saturated carbocycles. The maximum atomic E-state index is 12.6. The van der Waals surface area contributed by atoms with E-state index >= 15 is 0 Å². The molecule has 0 unspecified atom stereocenters. The topological polar surface area (TPSA) is 82.6 Å². The molecule has 0 spiro atoms. The van der Waals surface area contributed by atoms with Crippen LogP contribution in [0.4, 0.5) is 5.69 Å². The number of nitrogens with zero attached hydrogens (tertiary/aromatic N) is 6. The van der Waals surface area contributed by atoms with Crippen molar-refractivity contribution in [2.24, 2.45) is 0 Å². The molecule has 4 aromatic rings. The monoisotopic (exact) mass is 453 g/mol. The van der Waals surface area contributed by atoms with Crippen molar-refractivity contribution < 1.29 is 4.79 Å². The summed E-state index contributed by atoms with van der Waals surface area (Å²) in [7, 11) is 0. The number of aryl methyl sites for hydroxylation is 1. The van der Waals surface area contributed by atoms with Gasteiger partial charge in [0.1, 0.15) is 6.67 Å². The van der Waals surface area contributed by atoms with E-state index in [1.807, 2.05) is 55.1 Å². The van der Waals surface area contributed by atoms with E-state index in [9.17, 15) is 4.79 Å². The third-order valence-corrected chi connectivity index (χ3v) is 5.68. The van der Waals surface area contributed by atoms with Crippen molar-refractivity contribution in [1.29, 1.82) is 0 Å². The number of hydrogen-bond donors (Lipinski definition) is 1. The van der Waals surface area contributed by atoms with Crippen molar-refractivity contribution in [1.82, 2.24) is 29.3 Å². The van der Waals surface area contributed by atoms with Crippen LogP contribution in [0, 0.1) is 13.8 Å². The maximum absolute atomic E-state index is 12.6. The fraction of sp³-hybridized carbons (Fsp3) is 0.200. The zero-order chi connectivity index (χ0) is 20.4. The predicted molar refractivity (Wildman–Crippen MR) is 113 cm³/mol. The smallest absolute Gasteiger partial charge is 0.276 e. The predicted octanol–water partition coefficient (Wildman–Crippen LogP) is 3.46. The molecule has 0 aliphatic carbocycles. The fourth-order valence-corrected chi connectivity index (χ4v) is 3.32. The van der Waals surface area contributed by atoms with Gasteiger partial charge in [-0.3, -0.25) is 18.8 Å². The highest BCUT2D eigenvalue weighted by Gasteiger charge is 2.12. The Labute approximate surface area is 176 Å². The minimum atomic E-state index is -0.254. The summed E-state index contributed by atoms with van der Waals surface area (Å²) < 4.78 is 6.36. The van der Waals surface area contributed by atoms with E-state index in [2.05, 4.69) is 36.5 Å². The Kier molecular flexibility index (Phi) is 5.30. The number of halogens is 1. The van der Waals surface area contributed by atoms with Gasteiger partial charge in [-0.2, -0.15) is 15.3 Å². The number of amides is 1. The highest BCUT2D eigenvalue weighted by atomic mass is 79.9. The molecule has 1 amide bonds. The number of anilines is 1. The molecular weight excluding hydrogens is 434 g/mol. The molecule has 0 aliphatic heterocycles. The summed E-state index contributed by atoms with van der Waals surface area (Å²) >= 11 is 3.55. The highest BCUT2D eigenvalue weighted by Crippen LogP contribution is 2.21. The SMILES string of the molecule is Cc1nn(Cc2cccc(NC(=O)c3ccn(Cn4cccn4)n3)c2)c(C)c1Br. The molecule has 29 heavy (non-hydrogen) atoms. The molecule has 0 fully saturated rings. The number of rotatable bonds is 6. The first-order chi connectivity index (χ1) is 14.0. The lowest BCUT2D eigenvalue weighted by atomic mass is 10.2. The minimum Gasteiger partial charge on any atom is -0.321 e. The molecular formula is C20H20BrN7O. The van der Waals surface area contributed by atoms with E-state index in [1.54, 1.807) is 27.8 Å². The Morgan fingerprint density at radius 1 is 1.10 bits per heavy atom.